The van der Waals surface area contributed by atoms with Gasteiger partial charge in [0.15, 0.2) is 5.78 Å². The summed E-state index contributed by atoms with van der Waals surface area (Å²) in [7, 11) is 0. The van der Waals surface area contributed by atoms with Crippen molar-refractivity contribution in [2.75, 3.05) is 17.7 Å². The fraction of sp³-hybridized carbons (Fsp3) is 0.0789. The van der Waals surface area contributed by atoms with E-state index in [2.05, 4.69) is 10.6 Å². The molecule has 0 heterocycles. The molecule has 0 radical (unpaired) electrons. The number of anilines is 1. The third kappa shape index (κ3) is 8.81. The number of rotatable bonds is 12. The second-order valence-electron chi connectivity index (χ2n) is 10.0. The summed E-state index contributed by atoms with van der Waals surface area (Å²) in [6, 6.07) is 40.9. The number of carbonyl (C=O) groups is 3. The standard InChI is InChI=1S/C38H32N2O4S/c1-2-44-33-22-20-30(21-23-33)36(41)26-45-34-15-9-14-32(25-34)39-38(43)35(40-37(42)31-12-7-4-8-13-31)24-27-16-18-29(19-17-27)28-10-5-3-6-11-28/h3-25H,2,26H2,1H3,(H,39,43)(H,40,42)/b35-24-. The van der Waals surface area contributed by atoms with Gasteiger partial charge >= 0.3 is 0 Å². The first-order chi connectivity index (χ1) is 22.0. The fourth-order valence-corrected chi connectivity index (χ4v) is 5.36. The zero-order valence-electron chi connectivity index (χ0n) is 24.7. The summed E-state index contributed by atoms with van der Waals surface area (Å²) in [6.07, 6.45) is 1.65. The monoisotopic (exact) mass is 612 g/mol. The molecule has 0 spiro atoms. The normalized spacial score (nSPS) is 11.0. The van der Waals surface area contributed by atoms with Crippen LogP contribution in [-0.2, 0) is 4.79 Å². The Balaban J connectivity index is 1.30. The number of benzene rings is 5. The second kappa shape index (κ2) is 15.4. The molecule has 5 rings (SSSR count). The molecule has 45 heavy (non-hydrogen) atoms. The maximum Gasteiger partial charge on any atom is 0.272 e. The van der Waals surface area contributed by atoms with Crippen molar-refractivity contribution in [2.45, 2.75) is 11.8 Å². The van der Waals surface area contributed by atoms with Crippen molar-refractivity contribution in [3.63, 3.8) is 0 Å². The summed E-state index contributed by atoms with van der Waals surface area (Å²) in [5, 5.41) is 5.68. The Hall–Kier alpha value is -5.40. The highest BCUT2D eigenvalue weighted by atomic mass is 32.2. The Kier molecular flexibility index (Phi) is 10.6. The Morgan fingerprint density at radius 3 is 2.07 bits per heavy atom. The summed E-state index contributed by atoms with van der Waals surface area (Å²) < 4.78 is 5.45. The van der Waals surface area contributed by atoms with Gasteiger partial charge in [-0.2, -0.15) is 0 Å². The molecule has 0 atom stereocenters. The van der Waals surface area contributed by atoms with E-state index in [-0.39, 0.29) is 17.2 Å². The van der Waals surface area contributed by atoms with Crippen molar-refractivity contribution in [2.24, 2.45) is 0 Å². The van der Waals surface area contributed by atoms with Gasteiger partial charge in [-0.05, 0) is 84.3 Å². The molecule has 0 aliphatic rings. The van der Waals surface area contributed by atoms with Gasteiger partial charge in [0.2, 0.25) is 0 Å². The molecular formula is C38H32N2O4S. The van der Waals surface area contributed by atoms with Gasteiger partial charge in [-0.25, -0.2) is 0 Å². The van der Waals surface area contributed by atoms with E-state index in [1.165, 1.54) is 11.8 Å². The molecule has 6 nitrogen and oxygen atoms in total. The molecule has 2 amide bonds. The van der Waals surface area contributed by atoms with Crippen LogP contribution in [0.25, 0.3) is 17.2 Å². The van der Waals surface area contributed by atoms with E-state index in [9.17, 15) is 14.4 Å². The molecule has 0 aromatic heterocycles. The van der Waals surface area contributed by atoms with E-state index in [4.69, 9.17) is 4.74 Å². The van der Waals surface area contributed by atoms with Crippen LogP contribution in [0.4, 0.5) is 5.69 Å². The first-order valence-corrected chi connectivity index (χ1v) is 15.5. The van der Waals surface area contributed by atoms with Crippen LogP contribution in [0.1, 0.15) is 33.2 Å². The van der Waals surface area contributed by atoms with Crippen LogP contribution in [0.3, 0.4) is 0 Å². The average Bonchev–Trinajstić information content (AvgIpc) is 3.08. The van der Waals surface area contributed by atoms with Gasteiger partial charge in [0.05, 0.1) is 12.4 Å². The molecule has 0 fully saturated rings. The van der Waals surface area contributed by atoms with E-state index in [1.54, 1.807) is 66.7 Å². The Labute approximate surface area is 267 Å². The predicted molar refractivity (Wildman–Crippen MR) is 182 cm³/mol. The number of hydrogen-bond acceptors (Lipinski definition) is 5. The van der Waals surface area contributed by atoms with Crippen molar-refractivity contribution in [3.05, 3.63) is 156 Å². The Morgan fingerprint density at radius 2 is 1.38 bits per heavy atom. The maximum atomic E-state index is 13.5. The third-order valence-electron chi connectivity index (χ3n) is 6.81. The number of carbonyl (C=O) groups excluding carboxylic acids is 3. The number of amides is 2. The molecule has 0 saturated heterocycles. The zero-order chi connectivity index (χ0) is 31.4. The van der Waals surface area contributed by atoms with Crippen LogP contribution in [0.15, 0.2) is 144 Å². The lowest BCUT2D eigenvalue weighted by Gasteiger charge is -2.12. The van der Waals surface area contributed by atoms with E-state index >= 15 is 0 Å². The summed E-state index contributed by atoms with van der Waals surface area (Å²) in [5.74, 6) is 0.0872. The van der Waals surface area contributed by atoms with E-state index in [1.807, 2.05) is 79.7 Å². The van der Waals surface area contributed by atoms with Crippen LogP contribution in [0, 0.1) is 0 Å². The van der Waals surface area contributed by atoms with Crippen LogP contribution < -0.4 is 15.4 Å². The molecule has 224 valence electrons. The SMILES string of the molecule is CCOc1ccc(C(=O)CSc2cccc(NC(=O)/C(=C/c3ccc(-c4ccccc4)cc3)NC(=O)c3ccccc3)c2)cc1. The molecule has 7 heteroatoms. The topological polar surface area (TPSA) is 84.5 Å². The minimum atomic E-state index is -0.473. The summed E-state index contributed by atoms with van der Waals surface area (Å²) in [6.45, 7) is 2.48. The lowest BCUT2D eigenvalue weighted by atomic mass is 10.0. The van der Waals surface area contributed by atoms with Gasteiger partial charge in [0, 0.05) is 21.7 Å². The van der Waals surface area contributed by atoms with Gasteiger partial charge < -0.3 is 15.4 Å². The molecule has 0 saturated carbocycles. The van der Waals surface area contributed by atoms with E-state index in [0.29, 0.717) is 23.4 Å². The van der Waals surface area contributed by atoms with Crippen LogP contribution in [-0.4, -0.2) is 30.0 Å². The summed E-state index contributed by atoms with van der Waals surface area (Å²) in [5.41, 5.74) is 4.57. The van der Waals surface area contributed by atoms with Gasteiger partial charge in [-0.3, -0.25) is 14.4 Å². The minimum Gasteiger partial charge on any atom is -0.494 e. The van der Waals surface area contributed by atoms with E-state index < -0.39 is 11.8 Å². The highest BCUT2D eigenvalue weighted by molar-refractivity contribution is 8.00. The maximum absolute atomic E-state index is 13.5. The number of ketones is 1. The van der Waals surface area contributed by atoms with E-state index in [0.717, 1.165) is 27.3 Å². The number of thioether (sulfide) groups is 1. The lowest BCUT2D eigenvalue weighted by molar-refractivity contribution is -0.113. The molecule has 2 N–H and O–H groups in total. The average molecular weight is 613 g/mol. The number of nitrogens with one attached hydrogen (secondary N) is 2. The van der Waals surface area contributed by atoms with Crippen LogP contribution in [0.5, 0.6) is 5.75 Å². The third-order valence-corrected chi connectivity index (χ3v) is 7.80. The second-order valence-corrected chi connectivity index (χ2v) is 11.1. The molecular weight excluding hydrogens is 580 g/mol. The minimum absolute atomic E-state index is 0.00962. The van der Waals surface area contributed by atoms with Gasteiger partial charge in [0.25, 0.3) is 11.8 Å². The van der Waals surface area contributed by atoms with Gasteiger partial charge in [-0.15, -0.1) is 11.8 Å². The number of ether oxygens (including phenoxy) is 1. The quantitative estimate of drug-likeness (QED) is 0.0844. The van der Waals surface area contributed by atoms with Crippen molar-refractivity contribution in [1.29, 1.82) is 0 Å². The van der Waals surface area contributed by atoms with Crippen molar-refractivity contribution >= 4 is 41.1 Å². The summed E-state index contributed by atoms with van der Waals surface area (Å²) in [4.78, 5) is 40.2. The van der Waals surface area contributed by atoms with Crippen LogP contribution >= 0.6 is 11.8 Å². The zero-order valence-corrected chi connectivity index (χ0v) is 25.6. The van der Waals surface area contributed by atoms with Crippen molar-refractivity contribution < 1.29 is 19.1 Å². The van der Waals surface area contributed by atoms with Crippen LogP contribution in [0.2, 0.25) is 0 Å². The summed E-state index contributed by atoms with van der Waals surface area (Å²) >= 11 is 1.38. The first-order valence-electron chi connectivity index (χ1n) is 14.5. The van der Waals surface area contributed by atoms with Gasteiger partial charge in [-0.1, -0.05) is 78.9 Å². The Morgan fingerprint density at radius 1 is 0.711 bits per heavy atom. The van der Waals surface area contributed by atoms with Crippen molar-refractivity contribution in [1.82, 2.24) is 5.32 Å². The molecule has 0 aliphatic carbocycles. The molecule has 5 aromatic carbocycles. The number of Topliss-reactive ketones (excluding diaryl/α,β-unsaturated/α-hetero) is 1. The largest absolute Gasteiger partial charge is 0.494 e. The molecule has 0 bridgehead atoms. The van der Waals surface area contributed by atoms with Crippen molar-refractivity contribution in [3.8, 4) is 16.9 Å². The predicted octanol–water partition coefficient (Wildman–Crippen LogP) is 8.14. The molecule has 0 aliphatic heterocycles. The Bertz CT molecular complexity index is 1790. The smallest absolute Gasteiger partial charge is 0.272 e. The molecule has 5 aromatic rings. The first kappa shape index (κ1) is 31.0. The fourth-order valence-electron chi connectivity index (χ4n) is 4.51. The highest BCUT2D eigenvalue weighted by Crippen LogP contribution is 2.24. The highest BCUT2D eigenvalue weighted by Gasteiger charge is 2.16. The molecule has 0 unspecified atom stereocenters. The lowest BCUT2D eigenvalue weighted by Crippen LogP contribution is -2.30. The van der Waals surface area contributed by atoms with Gasteiger partial charge in [0.1, 0.15) is 11.4 Å². The number of hydrogen-bond donors (Lipinski definition) is 2.